The highest BCUT2D eigenvalue weighted by Gasteiger charge is 1.97. The van der Waals surface area contributed by atoms with Crippen LogP contribution in [0.25, 0.3) is 0 Å². The van der Waals surface area contributed by atoms with Gasteiger partial charge in [-0.1, -0.05) is 59.2 Å². The van der Waals surface area contributed by atoms with Gasteiger partial charge in [-0.05, 0) is 24.3 Å². The smallest absolute Gasteiger partial charge is 0.0812 e. The maximum Gasteiger partial charge on any atom is 0.0812 e. The lowest BCUT2D eigenvalue weighted by molar-refractivity contribution is 0.588. The number of thioether (sulfide) groups is 1. The third-order valence-corrected chi connectivity index (χ3v) is 6.83. The Labute approximate surface area is 117 Å². The molecule has 0 saturated heterocycles. The molecule has 16 heavy (non-hydrogen) atoms. The van der Waals surface area contributed by atoms with Gasteiger partial charge in [0.25, 0.3) is 0 Å². The number of unbranched alkanes of at least 4 members (excludes halogenated alkanes) is 7. The molecule has 0 fully saturated rings. The first-order valence-corrected chi connectivity index (χ1v) is 10.0. The normalized spacial score (nSPS) is 11.1. The van der Waals surface area contributed by atoms with Crippen LogP contribution >= 0.6 is 45.1 Å². The van der Waals surface area contributed by atoms with Gasteiger partial charge in [0.1, 0.15) is 0 Å². The summed E-state index contributed by atoms with van der Waals surface area (Å²) in [5, 5.41) is 2.26. The Morgan fingerprint density at radius 1 is 0.938 bits per heavy atom. The average Bonchev–Trinajstić information content (AvgIpc) is 2.23. The molecule has 0 unspecified atom stereocenters. The Kier molecular flexibility index (Phi) is 10.3. The highest BCUT2D eigenvalue weighted by Crippen LogP contribution is 2.31. The number of hydrogen-bond donors (Lipinski definition) is 1. The minimum atomic E-state index is 1.06. The molecule has 0 aliphatic carbocycles. The van der Waals surface area contributed by atoms with Crippen LogP contribution < -0.4 is 0 Å². The highest BCUT2D eigenvalue weighted by atomic mass is 32.9. The van der Waals surface area contributed by atoms with Crippen LogP contribution in [0.5, 0.6) is 0 Å². The van der Waals surface area contributed by atoms with Gasteiger partial charge in [-0.15, -0.1) is 11.8 Å². The molecule has 1 aromatic heterocycles. The molecule has 1 rings (SSSR count). The topological polar surface area (TPSA) is 0 Å². The Bertz CT molecular complexity index is 220. The zero-order valence-electron chi connectivity index (χ0n) is 9.82. The maximum atomic E-state index is 4.22. The summed E-state index contributed by atoms with van der Waals surface area (Å²) >= 11 is 6.25. The summed E-state index contributed by atoms with van der Waals surface area (Å²) in [5.74, 6) is 2.38. The van der Waals surface area contributed by atoms with Crippen molar-refractivity contribution in [2.45, 2.75) is 55.6 Å². The molecule has 1 aromatic rings. The Balaban J connectivity index is 1.69. The largest absolute Gasteiger partial charge is 0.179 e. The Morgan fingerprint density at radius 3 is 2.00 bits per heavy atom. The molecule has 0 N–H and O–H groups in total. The third-order valence-electron chi connectivity index (χ3n) is 2.57. The van der Waals surface area contributed by atoms with Crippen molar-refractivity contribution in [2.24, 2.45) is 0 Å². The monoisotopic (exact) mass is 294 g/mol. The fourth-order valence-electron chi connectivity index (χ4n) is 1.59. The van der Waals surface area contributed by atoms with Crippen molar-refractivity contribution in [3.63, 3.8) is 0 Å². The molecule has 0 amide bonds. The predicted molar refractivity (Wildman–Crippen MR) is 83.7 cm³/mol. The van der Waals surface area contributed by atoms with Crippen LogP contribution in [0, 0.1) is 0 Å². The summed E-state index contributed by atoms with van der Waals surface area (Å²) in [6, 6.07) is 0. The van der Waals surface area contributed by atoms with Gasteiger partial charge < -0.3 is 0 Å². The second-order valence-electron chi connectivity index (χ2n) is 4.02. The molecule has 0 atom stereocenters. The van der Waals surface area contributed by atoms with Crippen LogP contribution in [0.15, 0.2) is 9.59 Å². The first-order chi connectivity index (χ1) is 7.93. The first kappa shape index (κ1) is 14.9. The quantitative estimate of drug-likeness (QED) is 0.228. The van der Waals surface area contributed by atoms with Crippen molar-refractivity contribution >= 4 is 45.1 Å². The molecule has 0 radical (unpaired) electrons. The SMILES string of the molecule is SCCCCCCCCCCSc1css1. The maximum absolute atomic E-state index is 4.22. The molecular formula is C12H22S4. The van der Waals surface area contributed by atoms with E-state index in [9.17, 15) is 0 Å². The molecule has 0 aliphatic heterocycles. The summed E-state index contributed by atoms with van der Waals surface area (Å²) in [7, 11) is 3.77. The second kappa shape index (κ2) is 11.0. The van der Waals surface area contributed by atoms with Crippen LogP contribution in [-0.4, -0.2) is 11.5 Å². The van der Waals surface area contributed by atoms with Crippen LogP contribution in [-0.2, 0) is 0 Å². The van der Waals surface area contributed by atoms with Crippen LogP contribution in [0.1, 0.15) is 51.4 Å². The van der Waals surface area contributed by atoms with Crippen LogP contribution in [0.2, 0.25) is 0 Å². The van der Waals surface area contributed by atoms with Gasteiger partial charge in [-0.2, -0.15) is 12.6 Å². The fraction of sp³-hybridized carbons (Fsp3) is 0.833. The third kappa shape index (κ3) is 8.04. The van der Waals surface area contributed by atoms with E-state index in [0.29, 0.717) is 0 Å². The summed E-state index contributed by atoms with van der Waals surface area (Å²) < 4.78 is 1.52. The zero-order chi connectivity index (χ0) is 11.5. The van der Waals surface area contributed by atoms with E-state index in [2.05, 4.69) is 18.0 Å². The molecule has 0 nitrogen and oxygen atoms in total. The van der Waals surface area contributed by atoms with Gasteiger partial charge in [0.05, 0.1) is 4.21 Å². The van der Waals surface area contributed by atoms with E-state index in [4.69, 9.17) is 0 Å². The standard InChI is InChI=1S/C12H22S4/c13-9-7-5-3-1-2-4-6-8-10-14-12-11-15-16-12/h11,13H,1-10H2. The summed E-state index contributed by atoms with van der Waals surface area (Å²) in [6.45, 7) is 0. The van der Waals surface area contributed by atoms with Gasteiger partial charge in [0, 0.05) is 5.38 Å². The van der Waals surface area contributed by atoms with Crippen molar-refractivity contribution in [1.29, 1.82) is 0 Å². The summed E-state index contributed by atoms with van der Waals surface area (Å²) in [4.78, 5) is 0. The molecule has 0 aromatic carbocycles. The molecule has 1 heterocycles. The van der Waals surface area contributed by atoms with Crippen LogP contribution in [0.4, 0.5) is 0 Å². The number of hydrogen-bond acceptors (Lipinski definition) is 4. The summed E-state index contributed by atoms with van der Waals surface area (Å²) in [5.41, 5.74) is 0. The lowest BCUT2D eigenvalue weighted by Gasteiger charge is -2.02. The van der Waals surface area contributed by atoms with Crippen LogP contribution in [0.3, 0.4) is 0 Å². The molecule has 94 valence electrons. The minimum absolute atomic E-state index is 1.06. The number of rotatable bonds is 11. The highest BCUT2D eigenvalue weighted by molar-refractivity contribution is 8.03. The van der Waals surface area contributed by atoms with E-state index >= 15 is 0 Å². The van der Waals surface area contributed by atoms with E-state index in [1.165, 1.54) is 61.3 Å². The zero-order valence-corrected chi connectivity index (χ0v) is 13.2. The lowest BCUT2D eigenvalue weighted by Crippen LogP contribution is -1.83. The van der Waals surface area contributed by atoms with Gasteiger partial charge in [-0.25, -0.2) is 0 Å². The number of thiol groups is 1. The van der Waals surface area contributed by atoms with E-state index in [1.807, 2.05) is 32.4 Å². The van der Waals surface area contributed by atoms with E-state index in [0.717, 1.165) is 5.75 Å². The second-order valence-corrected chi connectivity index (χ2v) is 7.97. The van der Waals surface area contributed by atoms with Gasteiger partial charge in [0.15, 0.2) is 0 Å². The molecule has 0 bridgehead atoms. The van der Waals surface area contributed by atoms with Crippen molar-refractivity contribution in [3.05, 3.63) is 5.38 Å². The first-order valence-electron chi connectivity index (χ1n) is 6.20. The lowest BCUT2D eigenvalue weighted by atomic mass is 10.1. The van der Waals surface area contributed by atoms with Crippen molar-refractivity contribution in [1.82, 2.24) is 0 Å². The molecule has 4 heteroatoms. The van der Waals surface area contributed by atoms with Gasteiger partial charge >= 0.3 is 0 Å². The molecule has 0 spiro atoms. The summed E-state index contributed by atoms with van der Waals surface area (Å²) in [6.07, 6.45) is 11.2. The Morgan fingerprint density at radius 2 is 1.50 bits per heavy atom. The van der Waals surface area contributed by atoms with Gasteiger partial charge in [-0.3, -0.25) is 0 Å². The molecular weight excluding hydrogens is 272 g/mol. The predicted octanol–water partition coefficient (Wildman–Crippen LogP) is 5.95. The van der Waals surface area contributed by atoms with Gasteiger partial charge in [0.2, 0.25) is 0 Å². The van der Waals surface area contributed by atoms with Crippen molar-refractivity contribution < 1.29 is 0 Å². The van der Waals surface area contributed by atoms with E-state index in [-0.39, 0.29) is 0 Å². The fourth-order valence-corrected chi connectivity index (χ4v) is 4.92. The van der Waals surface area contributed by atoms with E-state index in [1.54, 1.807) is 0 Å². The average molecular weight is 295 g/mol. The Hall–Kier alpha value is 0.880. The molecule has 0 saturated carbocycles. The van der Waals surface area contributed by atoms with Crippen molar-refractivity contribution in [2.75, 3.05) is 11.5 Å². The minimum Gasteiger partial charge on any atom is -0.179 e. The van der Waals surface area contributed by atoms with Crippen molar-refractivity contribution in [3.8, 4) is 0 Å². The van der Waals surface area contributed by atoms with E-state index < -0.39 is 0 Å². The molecule has 0 aliphatic rings.